The molecule has 0 aliphatic carbocycles. The maximum atomic E-state index is 12.8. The average Bonchev–Trinajstić information content (AvgIpc) is 3.39. The van der Waals surface area contributed by atoms with Crippen LogP contribution in [0.2, 0.25) is 0 Å². The van der Waals surface area contributed by atoms with Crippen LogP contribution in [0.1, 0.15) is 11.1 Å². The van der Waals surface area contributed by atoms with Gasteiger partial charge < -0.3 is 18.9 Å². The molecule has 0 saturated carbocycles. The summed E-state index contributed by atoms with van der Waals surface area (Å²) in [5.74, 6) is 1.49. The fourth-order valence-corrected chi connectivity index (χ4v) is 4.53. The minimum absolute atomic E-state index is 0.421. The standard InChI is InChI=1S/C28H18O6/c1-31-17-7-3-15(4-8-17)23-21-13-11-20-19(25(21)33-27(23)29)12-14-22-24(28(30)34-26(20)22)16-5-9-18(32-2)10-6-16/h3-14H,1-2H3. The van der Waals surface area contributed by atoms with Crippen molar-refractivity contribution in [1.29, 1.82) is 0 Å². The summed E-state index contributed by atoms with van der Waals surface area (Å²) in [5, 5.41) is 2.81. The second kappa shape index (κ2) is 7.49. The van der Waals surface area contributed by atoms with E-state index < -0.39 is 11.9 Å². The Kier molecular flexibility index (Phi) is 4.42. The lowest BCUT2D eigenvalue weighted by molar-refractivity contribution is -0.128. The van der Waals surface area contributed by atoms with Gasteiger partial charge in [-0.1, -0.05) is 24.3 Å². The molecule has 0 radical (unpaired) electrons. The first-order chi connectivity index (χ1) is 16.6. The second-order valence-corrected chi connectivity index (χ2v) is 7.97. The maximum Gasteiger partial charge on any atom is 0.344 e. The molecule has 6 rings (SSSR count). The molecule has 6 heteroatoms. The first kappa shape index (κ1) is 20.1. The van der Waals surface area contributed by atoms with Gasteiger partial charge in [-0.15, -0.1) is 0 Å². The van der Waals surface area contributed by atoms with Crippen molar-refractivity contribution < 1.29 is 28.5 Å². The van der Waals surface area contributed by atoms with Crippen LogP contribution in [0, 0.1) is 0 Å². The van der Waals surface area contributed by atoms with Crippen LogP contribution < -0.4 is 29.4 Å². The van der Waals surface area contributed by atoms with E-state index in [4.69, 9.17) is 18.9 Å². The lowest BCUT2D eigenvalue weighted by atomic mass is 9.99. The molecule has 4 aromatic rings. The third-order valence-electron chi connectivity index (χ3n) is 6.20. The first-order valence-corrected chi connectivity index (χ1v) is 10.7. The molecular weight excluding hydrogens is 432 g/mol. The molecular formula is C28H18O6. The van der Waals surface area contributed by atoms with Crippen molar-refractivity contribution in [2.75, 3.05) is 14.2 Å². The second-order valence-electron chi connectivity index (χ2n) is 7.97. The van der Waals surface area contributed by atoms with Gasteiger partial charge in [0.2, 0.25) is 0 Å². The topological polar surface area (TPSA) is 71.1 Å². The summed E-state index contributed by atoms with van der Waals surface area (Å²) in [5.41, 5.74) is 2.46. The van der Waals surface area contributed by atoms with Crippen molar-refractivity contribution in [1.82, 2.24) is 0 Å². The molecule has 0 N–H and O–H groups in total. The lowest BCUT2D eigenvalue weighted by Crippen LogP contribution is -2.07. The predicted molar refractivity (Wildman–Crippen MR) is 125 cm³/mol. The summed E-state index contributed by atoms with van der Waals surface area (Å²) < 4.78 is 21.8. The molecule has 2 heterocycles. The minimum atomic E-state index is -0.421. The van der Waals surface area contributed by atoms with Crippen LogP contribution in [0.25, 0.3) is 21.9 Å². The SMILES string of the molecule is COc1ccc(C2=c3ccc4c5c(ccc4c3OC2=O)=C(c2ccc(OC)cc2)C(=O)O5)cc1. The van der Waals surface area contributed by atoms with Crippen LogP contribution in [0.5, 0.6) is 23.0 Å². The van der Waals surface area contributed by atoms with Gasteiger partial charge >= 0.3 is 11.9 Å². The summed E-state index contributed by atoms with van der Waals surface area (Å²) in [6.07, 6.45) is 0. The van der Waals surface area contributed by atoms with Crippen LogP contribution in [0.4, 0.5) is 0 Å². The third kappa shape index (κ3) is 2.89. The van der Waals surface area contributed by atoms with Gasteiger partial charge in [-0.2, -0.15) is 0 Å². The normalized spacial score (nSPS) is 14.1. The smallest absolute Gasteiger partial charge is 0.344 e. The van der Waals surface area contributed by atoms with E-state index >= 15 is 0 Å². The molecule has 4 aromatic carbocycles. The van der Waals surface area contributed by atoms with Gasteiger partial charge in [-0.25, -0.2) is 9.59 Å². The number of hydrogen-bond donors (Lipinski definition) is 0. The molecule has 0 atom stereocenters. The molecule has 2 aliphatic rings. The zero-order chi connectivity index (χ0) is 23.4. The van der Waals surface area contributed by atoms with E-state index in [0.717, 1.165) is 11.1 Å². The Bertz CT molecular complexity index is 1510. The Morgan fingerprint density at radius 3 is 1.26 bits per heavy atom. The molecule has 0 aromatic heterocycles. The molecule has 2 aliphatic heterocycles. The molecule has 0 bridgehead atoms. The number of ether oxygens (including phenoxy) is 4. The fourth-order valence-electron chi connectivity index (χ4n) is 4.53. The van der Waals surface area contributed by atoms with Crippen LogP contribution in [-0.2, 0) is 9.59 Å². The first-order valence-electron chi connectivity index (χ1n) is 10.7. The van der Waals surface area contributed by atoms with Crippen molar-refractivity contribution in [2.45, 2.75) is 0 Å². The van der Waals surface area contributed by atoms with E-state index in [1.54, 1.807) is 38.5 Å². The van der Waals surface area contributed by atoms with E-state index in [9.17, 15) is 9.59 Å². The molecule has 0 amide bonds. The summed E-state index contributed by atoms with van der Waals surface area (Å²) in [6, 6.07) is 21.9. The van der Waals surface area contributed by atoms with Crippen molar-refractivity contribution >= 4 is 33.9 Å². The van der Waals surface area contributed by atoms with Gasteiger partial charge in [0.15, 0.2) is 0 Å². The van der Waals surface area contributed by atoms with E-state index in [0.29, 0.717) is 55.4 Å². The predicted octanol–water partition coefficient (Wildman–Crippen LogP) is 3.09. The summed E-state index contributed by atoms with van der Waals surface area (Å²) >= 11 is 0. The van der Waals surface area contributed by atoms with Gasteiger partial charge in [0.25, 0.3) is 0 Å². The van der Waals surface area contributed by atoms with E-state index in [-0.39, 0.29) is 0 Å². The number of benzene rings is 4. The summed E-state index contributed by atoms with van der Waals surface area (Å²) in [4.78, 5) is 25.6. The minimum Gasteiger partial charge on any atom is -0.497 e. The number of rotatable bonds is 4. The Hall–Kier alpha value is -4.58. The maximum absolute atomic E-state index is 12.8. The molecule has 0 saturated heterocycles. The number of esters is 2. The zero-order valence-electron chi connectivity index (χ0n) is 18.4. The quantitative estimate of drug-likeness (QED) is 0.352. The van der Waals surface area contributed by atoms with Crippen molar-refractivity contribution in [3.05, 3.63) is 94.4 Å². The Morgan fingerprint density at radius 1 is 0.529 bits per heavy atom. The van der Waals surface area contributed by atoms with Gasteiger partial charge in [-0.3, -0.25) is 0 Å². The van der Waals surface area contributed by atoms with Crippen molar-refractivity contribution in [3.63, 3.8) is 0 Å². The lowest BCUT2D eigenvalue weighted by Gasteiger charge is -2.05. The highest BCUT2D eigenvalue weighted by molar-refractivity contribution is 6.23. The van der Waals surface area contributed by atoms with Crippen molar-refractivity contribution in [3.8, 4) is 23.0 Å². The Labute approximate surface area is 194 Å². The molecule has 0 spiro atoms. The van der Waals surface area contributed by atoms with Crippen LogP contribution in [0.15, 0.2) is 72.8 Å². The number of carbonyl (C=O) groups is 2. The van der Waals surface area contributed by atoms with Crippen LogP contribution >= 0.6 is 0 Å². The number of hydrogen-bond acceptors (Lipinski definition) is 6. The molecule has 34 heavy (non-hydrogen) atoms. The zero-order valence-corrected chi connectivity index (χ0v) is 18.4. The molecule has 0 fully saturated rings. The van der Waals surface area contributed by atoms with Gasteiger partial charge in [0.05, 0.1) is 25.4 Å². The summed E-state index contributed by atoms with van der Waals surface area (Å²) in [7, 11) is 3.19. The van der Waals surface area contributed by atoms with Crippen LogP contribution in [0.3, 0.4) is 0 Å². The van der Waals surface area contributed by atoms with Gasteiger partial charge in [0.1, 0.15) is 23.0 Å². The highest BCUT2D eigenvalue weighted by Crippen LogP contribution is 2.35. The number of carbonyl (C=O) groups excluding carboxylic acids is 2. The Morgan fingerprint density at radius 2 is 0.912 bits per heavy atom. The largest absolute Gasteiger partial charge is 0.497 e. The van der Waals surface area contributed by atoms with E-state index in [1.807, 2.05) is 48.5 Å². The van der Waals surface area contributed by atoms with E-state index in [2.05, 4.69) is 0 Å². The highest BCUT2D eigenvalue weighted by atomic mass is 16.5. The van der Waals surface area contributed by atoms with Crippen LogP contribution in [-0.4, -0.2) is 26.2 Å². The number of methoxy groups -OCH3 is 2. The third-order valence-corrected chi connectivity index (χ3v) is 6.20. The molecule has 0 unspecified atom stereocenters. The molecule has 6 nitrogen and oxygen atoms in total. The summed E-state index contributed by atoms with van der Waals surface area (Å²) in [6.45, 7) is 0. The Balaban J connectivity index is 1.56. The van der Waals surface area contributed by atoms with Gasteiger partial charge in [-0.05, 0) is 59.7 Å². The fraction of sp³-hybridized carbons (Fsp3) is 0.0714. The highest BCUT2D eigenvalue weighted by Gasteiger charge is 2.30. The van der Waals surface area contributed by atoms with E-state index in [1.165, 1.54) is 0 Å². The average molecular weight is 450 g/mol. The van der Waals surface area contributed by atoms with Crippen molar-refractivity contribution in [2.24, 2.45) is 0 Å². The number of fused-ring (bicyclic) bond motifs is 5. The monoisotopic (exact) mass is 450 g/mol. The van der Waals surface area contributed by atoms with Gasteiger partial charge in [0, 0.05) is 21.2 Å². The molecule has 166 valence electrons.